The molecule has 0 saturated heterocycles. The summed E-state index contributed by atoms with van der Waals surface area (Å²) in [5.41, 5.74) is 1.22. The fourth-order valence-electron chi connectivity index (χ4n) is 1.27. The maximum absolute atomic E-state index is 9.31. The van der Waals surface area contributed by atoms with Crippen molar-refractivity contribution in [2.75, 3.05) is 0 Å². The molecule has 1 heterocycles. The molecule has 1 aromatic carbocycles. The van der Waals surface area contributed by atoms with Crippen molar-refractivity contribution in [1.29, 1.82) is 0 Å². The Bertz CT molecular complexity index is 429. The molecule has 62 valence electrons. The molecular formula is C9H8O3. The Hall–Kier alpha value is -1.64. The average molecular weight is 164 g/mol. The van der Waals surface area contributed by atoms with Crippen LogP contribution in [0.1, 0.15) is 5.56 Å². The number of hydrogen-bond acceptors (Lipinski definition) is 3. The van der Waals surface area contributed by atoms with Crippen LogP contribution in [0.15, 0.2) is 22.8 Å². The molecule has 0 amide bonds. The monoisotopic (exact) mass is 164 g/mol. The highest BCUT2D eigenvalue weighted by molar-refractivity contribution is 5.88. The standard InChI is InChI=1S/C9H8O3/c1-5-6(10)2-3-8-9(5)7(11)4-12-8/h2-4,10-11H,1H3. The molecule has 0 aliphatic carbocycles. The number of aryl methyl sites for hydroxylation is 1. The lowest BCUT2D eigenvalue weighted by Crippen LogP contribution is -1.75. The van der Waals surface area contributed by atoms with Crippen molar-refractivity contribution in [2.45, 2.75) is 6.92 Å². The van der Waals surface area contributed by atoms with Gasteiger partial charge < -0.3 is 14.6 Å². The average Bonchev–Trinajstić information content (AvgIpc) is 2.41. The summed E-state index contributed by atoms with van der Waals surface area (Å²) < 4.78 is 5.02. The van der Waals surface area contributed by atoms with Gasteiger partial charge in [-0.2, -0.15) is 0 Å². The largest absolute Gasteiger partial charge is 0.508 e. The van der Waals surface area contributed by atoms with Crippen LogP contribution in [0.3, 0.4) is 0 Å². The van der Waals surface area contributed by atoms with Gasteiger partial charge in [-0.3, -0.25) is 0 Å². The molecule has 0 atom stereocenters. The lowest BCUT2D eigenvalue weighted by atomic mass is 10.1. The van der Waals surface area contributed by atoms with E-state index in [1.165, 1.54) is 6.26 Å². The predicted molar refractivity (Wildman–Crippen MR) is 44.3 cm³/mol. The minimum atomic E-state index is 0.0680. The van der Waals surface area contributed by atoms with Crippen molar-refractivity contribution in [3.05, 3.63) is 24.0 Å². The van der Waals surface area contributed by atoms with Gasteiger partial charge in [0.1, 0.15) is 17.6 Å². The Morgan fingerprint density at radius 1 is 1.17 bits per heavy atom. The van der Waals surface area contributed by atoms with Crippen LogP contribution in [-0.4, -0.2) is 10.2 Å². The van der Waals surface area contributed by atoms with Crippen molar-refractivity contribution in [3.63, 3.8) is 0 Å². The first-order valence-electron chi connectivity index (χ1n) is 3.59. The molecule has 0 radical (unpaired) electrons. The smallest absolute Gasteiger partial charge is 0.162 e. The summed E-state index contributed by atoms with van der Waals surface area (Å²) in [5.74, 6) is 0.234. The van der Waals surface area contributed by atoms with Gasteiger partial charge in [-0.25, -0.2) is 0 Å². The van der Waals surface area contributed by atoms with E-state index in [0.29, 0.717) is 16.5 Å². The molecule has 0 aliphatic heterocycles. The zero-order valence-electron chi connectivity index (χ0n) is 6.53. The first kappa shape index (κ1) is 7.03. The number of furan rings is 1. The van der Waals surface area contributed by atoms with E-state index in [-0.39, 0.29) is 11.5 Å². The molecular weight excluding hydrogens is 156 g/mol. The SMILES string of the molecule is Cc1c(O)ccc2occ(O)c12. The summed E-state index contributed by atoms with van der Waals surface area (Å²) in [6.07, 6.45) is 1.26. The van der Waals surface area contributed by atoms with Gasteiger partial charge in [-0.05, 0) is 19.1 Å². The van der Waals surface area contributed by atoms with E-state index in [4.69, 9.17) is 4.42 Å². The second kappa shape index (κ2) is 2.17. The number of hydrogen-bond donors (Lipinski definition) is 2. The predicted octanol–water partition coefficient (Wildman–Crippen LogP) is 2.15. The van der Waals surface area contributed by atoms with E-state index in [2.05, 4.69) is 0 Å². The van der Waals surface area contributed by atoms with Crippen molar-refractivity contribution < 1.29 is 14.6 Å². The van der Waals surface area contributed by atoms with E-state index >= 15 is 0 Å². The highest BCUT2D eigenvalue weighted by Crippen LogP contribution is 2.33. The van der Waals surface area contributed by atoms with Gasteiger partial charge in [0.05, 0.1) is 5.39 Å². The fourth-order valence-corrected chi connectivity index (χ4v) is 1.27. The quantitative estimate of drug-likeness (QED) is 0.627. The highest BCUT2D eigenvalue weighted by atomic mass is 16.4. The first-order valence-corrected chi connectivity index (χ1v) is 3.59. The van der Waals surface area contributed by atoms with Gasteiger partial charge in [0.15, 0.2) is 5.75 Å². The Balaban J connectivity index is 2.96. The second-order valence-electron chi connectivity index (χ2n) is 2.70. The molecule has 0 unspecified atom stereocenters. The zero-order valence-corrected chi connectivity index (χ0v) is 6.53. The van der Waals surface area contributed by atoms with E-state index in [1.807, 2.05) is 0 Å². The van der Waals surface area contributed by atoms with E-state index in [1.54, 1.807) is 19.1 Å². The lowest BCUT2D eigenvalue weighted by molar-refractivity contribution is 0.462. The van der Waals surface area contributed by atoms with Gasteiger partial charge in [-0.1, -0.05) is 0 Å². The lowest BCUT2D eigenvalue weighted by Gasteiger charge is -1.98. The molecule has 2 aromatic rings. The second-order valence-corrected chi connectivity index (χ2v) is 2.70. The van der Waals surface area contributed by atoms with Gasteiger partial charge in [0, 0.05) is 5.56 Å². The van der Waals surface area contributed by atoms with Gasteiger partial charge >= 0.3 is 0 Å². The molecule has 2 rings (SSSR count). The highest BCUT2D eigenvalue weighted by Gasteiger charge is 2.09. The van der Waals surface area contributed by atoms with Gasteiger partial charge in [0.25, 0.3) is 0 Å². The molecule has 12 heavy (non-hydrogen) atoms. The first-order chi connectivity index (χ1) is 5.70. The van der Waals surface area contributed by atoms with Gasteiger partial charge in [0.2, 0.25) is 0 Å². The van der Waals surface area contributed by atoms with E-state index < -0.39 is 0 Å². The van der Waals surface area contributed by atoms with Crippen molar-refractivity contribution in [3.8, 4) is 11.5 Å². The van der Waals surface area contributed by atoms with Crippen LogP contribution in [0.4, 0.5) is 0 Å². The molecule has 1 aromatic heterocycles. The Morgan fingerprint density at radius 2 is 1.92 bits per heavy atom. The Kier molecular flexibility index (Phi) is 1.27. The molecule has 0 fully saturated rings. The van der Waals surface area contributed by atoms with Crippen LogP contribution < -0.4 is 0 Å². The number of rotatable bonds is 0. The summed E-state index contributed by atoms with van der Waals surface area (Å²) in [6.45, 7) is 1.73. The molecule has 2 N–H and O–H groups in total. The minimum absolute atomic E-state index is 0.0680. The van der Waals surface area contributed by atoms with Crippen molar-refractivity contribution >= 4 is 11.0 Å². The minimum Gasteiger partial charge on any atom is -0.508 e. The number of phenolic OH excluding ortho intramolecular Hbond substituents is 1. The third-order valence-electron chi connectivity index (χ3n) is 1.95. The van der Waals surface area contributed by atoms with Crippen LogP contribution in [0, 0.1) is 6.92 Å². The van der Waals surface area contributed by atoms with E-state index in [9.17, 15) is 10.2 Å². The van der Waals surface area contributed by atoms with Crippen molar-refractivity contribution in [2.24, 2.45) is 0 Å². The van der Waals surface area contributed by atoms with Crippen LogP contribution in [0.5, 0.6) is 11.5 Å². The van der Waals surface area contributed by atoms with E-state index in [0.717, 1.165) is 0 Å². The number of phenols is 1. The summed E-state index contributed by atoms with van der Waals surface area (Å²) in [4.78, 5) is 0. The van der Waals surface area contributed by atoms with Crippen molar-refractivity contribution in [1.82, 2.24) is 0 Å². The molecule has 3 nitrogen and oxygen atoms in total. The molecule has 3 heteroatoms. The molecule has 0 saturated carbocycles. The molecule has 0 aliphatic rings. The number of benzene rings is 1. The summed E-state index contributed by atoms with van der Waals surface area (Å²) >= 11 is 0. The Labute approximate surface area is 68.9 Å². The number of aromatic hydroxyl groups is 2. The topological polar surface area (TPSA) is 53.6 Å². The normalized spacial score (nSPS) is 10.8. The number of fused-ring (bicyclic) bond motifs is 1. The summed E-state index contributed by atoms with van der Waals surface area (Å²) in [7, 11) is 0. The van der Waals surface area contributed by atoms with Crippen LogP contribution in [0.2, 0.25) is 0 Å². The zero-order chi connectivity index (χ0) is 8.72. The maximum Gasteiger partial charge on any atom is 0.162 e. The summed E-state index contributed by atoms with van der Waals surface area (Å²) in [6, 6.07) is 3.16. The van der Waals surface area contributed by atoms with Crippen LogP contribution in [-0.2, 0) is 0 Å². The third-order valence-corrected chi connectivity index (χ3v) is 1.95. The molecule has 0 bridgehead atoms. The summed E-state index contributed by atoms with van der Waals surface area (Å²) in [5, 5.41) is 19.2. The third kappa shape index (κ3) is 0.763. The van der Waals surface area contributed by atoms with Gasteiger partial charge in [-0.15, -0.1) is 0 Å². The Morgan fingerprint density at radius 3 is 2.67 bits per heavy atom. The molecule has 0 spiro atoms. The maximum atomic E-state index is 9.31. The fraction of sp³-hybridized carbons (Fsp3) is 0.111. The van der Waals surface area contributed by atoms with Crippen LogP contribution >= 0.6 is 0 Å². The van der Waals surface area contributed by atoms with Crippen LogP contribution in [0.25, 0.3) is 11.0 Å².